The Morgan fingerprint density at radius 3 is 2.45 bits per heavy atom. The van der Waals surface area contributed by atoms with Crippen LogP contribution in [-0.2, 0) is 9.53 Å². The molecule has 0 aromatic carbocycles. The third-order valence-electron chi connectivity index (χ3n) is 1.47. The van der Waals surface area contributed by atoms with Gasteiger partial charge in [-0.25, -0.2) is 4.79 Å². The summed E-state index contributed by atoms with van der Waals surface area (Å²) < 4.78 is 4.80. The summed E-state index contributed by atoms with van der Waals surface area (Å²) in [5.74, 6) is -0.139. The number of rotatable bonds is 0. The Kier molecular flexibility index (Phi) is 2.03. The highest BCUT2D eigenvalue weighted by Gasteiger charge is 2.20. The van der Waals surface area contributed by atoms with Crippen molar-refractivity contribution in [3.8, 4) is 0 Å². The average molecular weight is 154 g/mol. The van der Waals surface area contributed by atoms with Gasteiger partial charge >= 0.3 is 5.97 Å². The van der Waals surface area contributed by atoms with E-state index in [1.165, 1.54) is 0 Å². The smallest absolute Gasteiger partial charge is 0.333 e. The molecule has 0 radical (unpaired) electrons. The lowest BCUT2D eigenvalue weighted by atomic mass is 9.93. The van der Waals surface area contributed by atoms with Gasteiger partial charge in [0.2, 0.25) is 0 Å². The van der Waals surface area contributed by atoms with Crippen LogP contribution in [-0.4, -0.2) is 12.6 Å². The van der Waals surface area contributed by atoms with E-state index in [2.05, 4.69) is 20.8 Å². The first-order valence-corrected chi connectivity index (χ1v) is 3.88. The first-order chi connectivity index (χ1) is 4.99. The second-order valence-corrected chi connectivity index (χ2v) is 3.92. The Morgan fingerprint density at radius 1 is 1.45 bits per heavy atom. The highest BCUT2D eigenvalue weighted by atomic mass is 16.5. The molecular weight excluding hydrogens is 140 g/mol. The average Bonchev–Trinajstić information content (AvgIpc) is 2.12. The number of hydrogen-bond donors (Lipinski definition) is 0. The summed E-state index contributed by atoms with van der Waals surface area (Å²) in [4.78, 5) is 11.0. The number of esters is 1. The van der Waals surface area contributed by atoms with Crippen LogP contribution >= 0.6 is 0 Å². The van der Waals surface area contributed by atoms with Crippen molar-refractivity contribution in [2.45, 2.75) is 27.2 Å². The number of carbonyl (C=O) groups excluding carboxylic acids is 1. The molecule has 0 amide bonds. The lowest BCUT2D eigenvalue weighted by Gasteiger charge is -2.11. The summed E-state index contributed by atoms with van der Waals surface area (Å²) in [6, 6.07) is 0. The van der Waals surface area contributed by atoms with Gasteiger partial charge in [-0.05, 0) is 5.41 Å². The number of cyclic esters (lactones) is 1. The Balaban J connectivity index is 2.73. The molecule has 0 atom stereocenters. The van der Waals surface area contributed by atoms with E-state index in [1.807, 2.05) is 6.08 Å². The van der Waals surface area contributed by atoms with Crippen LogP contribution in [0.2, 0.25) is 0 Å². The van der Waals surface area contributed by atoms with E-state index >= 15 is 0 Å². The van der Waals surface area contributed by atoms with E-state index in [-0.39, 0.29) is 11.4 Å². The molecule has 0 aliphatic carbocycles. The fraction of sp³-hybridized carbons (Fsp3) is 0.667. The second-order valence-electron chi connectivity index (χ2n) is 3.92. The zero-order chi connectivity index (χ0) is 8.48. The maximum Gasteiger partial charge on any atom is 0.333 e. The molecule has 1 saturated heterocycles. The third-order valence-corrected chi connectivity index (χ3v) is 1.47. The van der Waals surface area contributed by atoms with Gasteiger partial charge in [0, 0.05) is 12.0 Å². The molecule has 0 aromatic rings. The minimum Gasteiger partial charge on any atom is -0.462 e. The van der Waals surface area contributed by atoms with Gasteiger partial charge < -0.3 is 4.74 Å². The van der Waals surface area contributed by atoms with Gasteiger partial charge in [0.15, 0.2) is 0 Å². The Labute approximate surface area is 67.2 Å². The lowest BCUT2D eigenvalue weighted by Crippen LogP contribution is -2.04. The van der Waals surface area contributed by atoms with Gasteiger partial charge in [-0.1, -0.05) is 26.8 Å². The zero-order valence-electron chi connectivity index (χ0n) is 7.31. The normalized spacial score (nSPS) is 22.5. The van der Waals surface area contributed by atoms with Crippen molar-refractivity contribution in [1.29, 1.82) is 0 Å². The maximum atomic E-state index is 11.0. The van der Waals surface area contributed by atoms with Crippen molar-refractivity contribution >= 4 is 5.97 Å². The Morgan fingerprint density at radius 2 is 2.09 bits per heavy atom. The van der Waals surface area contributed by atoms with E-state index in [9.17, 15) is 4.79 Å². The minimum atomic E-state index is -0.139. The summed E-state index contributed by atoms with van der Waals surface area (Å²) in [5.41, 5.74) is 0.913. The monoisotopic (exact) mass is 154 g/mol. The molecule has 1 rings (SSSR count). The standard InChI is InChI=1S/C9H14O2/c1-9(2,3)6-7-4-5-11-8(7)10/h6H,4-5H2,1-3H3/b7-6+. The molecule has 0 N–H and O–H groups in total. The van der Waals surface area contributed by atoms with Gasteiger partial charge in [0.05, 0.1) is 6.61 Å². The van der Waals surface area contributed by atoms with Crippen molar-refractivity contribution in [3.05, 3.63) is 11.6 Å². The molecule has 0 spiro atoms. The fourth-order valence-electron chi connectivity index (χ4n) is 1.10. The predicted molar refractivity (Wildman–Crippen MR) is 43.1 cm³/mol. The van der Waals surface area contributed by atoms with E-state index in [4.69, 9.17) is 4.74 Å². The fourth-order valence-corrected chi connectivity index (χ4v) is 1.10. The number of hydrogen-bond acceptors (Lipinski definition) is 2. The quantitative estimate of drug-likeness (QED) is 0.393. The van der Waals surface area contributed by atoms with Crippen molar-refractivity contribution in [3.63, 3.8) is 0 Å². The highest BCUT2D eigenvalue weighted by molar-refractivity contribution is 5.90. The highest BCUT2D eigenvalue weighted by Crippen LogP contribution is 2.22. The summed E-state index contributed by atoms with van der Waals surface area (Å²) in [7, 11) is 0. The topological polar surface area (TPSA) is 26.3 Å². The summed E-state index contributed by atoms with van der Waals surface area (Å²) in [5, 5.41) is 0. The molecule has 62 valence electrons. The number of allylic oxidation sites excluding steroid dienone is 1. The molecule has 1 heterocycles. The SMILES string of the molecule is CC(C)(C)/C=C1\CCOC1=O. The maximum absolute atomic E-state index is 11.0. The Bertz CT molecular complexity index is 196. The molecule has 1 fully saturated rings. The molecular formula is C9H14O2. The van der Waals surface area contributed by atoms with Gasteiger partial charge in [-0.2, -0.15) is 0 Å². The van der Waals surface area contributed by atoms with Crippen molar-refractivity contribution in [2.24, 2.45) is 5.41 Å². The molecule has 2 heteroatoms. The summed E-state index contributed by atoms with van der Waals surface area (Å²) in [6.07, 6.45) is 2.76. The van der Waals surface area contributed by atoms with E-state index < -0.39 is 0 Å². The molecule has 1 aliphatic heterocycles. The Hall–Kier alpha value is -0.790. The number of ether oxygens (including phenoxy) is 1. The molecule has 11 heavy (non-hydrogen) atoms. The van der Waals surface area contributed by atoms with E-state index in [1.54, 1.807) is 0 Å². The molecule has 0 unspecified atom stereocenters. The first-order valence-electron chi connectivity index (χ1n) is 3.88. The lowest BCUT2D eigenvalue weighted by molar-refractivity contribution is -0.135. The second kappa shape index (κ2) is 2.68. The van der Waals surface area contributed by atoms with Crippen LogP contribution in [0, 0.1) is 5.41 Å². The van der Waals surface area contributed by atoms with Crippen LogP contribution in [0.1, 0.15) is 27.2 Å². The van der Waals surface area contributed by atoms with Crippen LogP contribution in [0.5, 0.6) is 0 Å². The van der Waals surface area contributed by atoms with Crippen LogP contribution in [0.4, 0.5) is 0 Å². The van der Waals surface area contributed by atoms with Crippen LogP contribution in [0.15, 0.2) is 11.6 Å². The van der Waals surface area contributed by atoms with Gasteiger partial charge in [-0.3, -0.25) is 0 Å². The van der Waals surface area contributed by atoms with Crippen molar-refractivity contribution in [2.75, 3.05) is 6.61 Å². The van der Waals surface area contributed by atoms with Crippen LogP contribution in [0.25, 0.3) is 0 Å². The van der Waals surface area contributed by atoms with E-state index in [0.717, 1.165) is 12.0 Å². The summed E-state index contributed by atoms with van der Waals surface area (Å²) >= 11 is 0. The molecule has 1 aliphatic rings. The molecule has 2 nitrogen and oxygen atoms in total. The van der Waals surface area contributed by atoms with Crippen LogP contribution in [0.3, 0.4) is 0 Å². The largest absolute Gasteiger partial charge is 0.462 e. The first kappa shape index (κ1) is 8.31. The predicted octanol–water partition coefficient (Wildman–Crippen LogP) is 1.91. The zero-order valence-corrected chi connectivity index (χ0v) is 7.31. The molecule has 0 bridgehead atoms. The summed E-state index contributed by atoms with van der Waals surface area (Å²) in [6.45, 7) is 6.78. The van der Waals surface area contributed by atoms with E-state index in [0.29, 0.717) is 6.61 Å². The van der Waals surface area contributed by atoms with Crippen molar-refractivity contribution < 1.29 is 9.53 Å². The van der Waals surface area contributed by atoms with Gasteiger partial charge in [0.25, 0.3) is 0 Å². The third kappa shape index (κ3) is 2.37. The molecule has 0 aromatic heterocycles. The van der Waals surface area contributed by atoms with Gasteiger partial charge in [0.1, 0.15) is 0 Å². The van der Waals surface area contributed by atoms with Crippen LogP contribution < -0.4 is 0 Å². The van der Waals surface area contributed by atoms with Gasteiger partial charge in [-0.15, -0.1) is 0 Å². The number of carbonyl (C=O) groups is 1. The minimum absolute atomic E-state index is 0.0820. The molecule has 0 saturated carbocycles. The van der Waals surface area contributed by atoms with Crippen molar-refractivity contribution in [1.82, 2.24) is 0 Å².